The van der Waals surface area contributed by atoms with Crippen LogP contribution in [-0.2, 0) is 13.6 Å². The minimum Gasteiger partial charge on any atom is -0.409 e. The molecule has 0 spiro atoms. The Hall–Kier alpha value is -2.83. The Morgan fingerprint density at radius 1 is 1.35 bits per heavy atom. The van der Waals surface area contributed by atoms with E-state index in [-0.39, 0.29) is 11.7 Å². The molecule has 0 saturated heterocycles. The number of nitrogens with zero attached hydrogens (tertiary/aromatic N) is 3. The maximum Gasteiger partial charge on any atom is 0.251 e. The van der Waals surface area contributed by atoms with Crippen LogP contribution in [-0.4, -0.2) is 26.7 Å². The van der Waals surface area contributed by atoms with Gasteiger partial charge in [-0.05, 0) is 18.2 Å². The van der Waals surface area contributed by atoms with Crippen LogP contribution in [0.2, 0.25) is 0 Å². The fourth-order valence-corrected chi connectivity index (χ4v) is 1.68. The maximum absolute atomic E-state index is 11.9. The third-order valence-electron chi connectivity index (χ3n) is 2.75. The van der Waals surface area contributed by atoms with Crippen LogP contribution in [0.15, 0.2) is 41.7 Å². The minimum absolute atomic E-state index is 0.00504. The first-order valence-corrected chi connectivity index (χ1v) is 5.95. The number of amidine groups is 1. The van der Waals surface area contributed by atoms with Crippen LogP contribution >= 0.6 is 0 Å². The second kappa shape index (κ2) is 5.87. The van der Waals surface area contributed by atoms with E-state index in [1.54, 1.807) is 28.9 Å². The highest BCUT2D eigenvalue weighted by Crippen LogP contribution is 2.05. The molecule has 0 radical (unpaired) electrons. The smallest absolute Gasteiger partial charge is 0.251 e. The molecule has 0 bridgehead atoms. The molecule has 0 atom stereocenters. The Labute approximate surface area is 115 Å². The van der Waals surface area contributed by atoms with Crippen LogP contribution in [0.25, 0.3) is 0 Å². The van der Waals surface area contributed by atoms with Crippen molar-refractivity contribution in [2.45, 2.75) is 6.54 Å². The number of oxime groups is 1. The van der Waals surface area contributed by atoms with Crippen LogP contribution in [0.1, 0.15) is 21.6 Å². The molecular formula is C13H15N5O2. The predicted octanol–water partition coefficient (Wildman–Crippen LogP) is 0.445. The predicted molar refractivity (Wildman–Crippen MR) is 73.3 cm³/mol. The van der Waals surface area contributed by atoms with Gasteiger partial charge in [-0.25, -0.2) is 0 Å². The topological polar surface area (TPSA) is 106 Å². The number of carbonyl (C=O) groups excluding carboxylic acids is 1. The van der Waals surface area contributed by atoms with Crippen LogP contribution in [0.3, 0.4) is 0 Å². The van der Waals surface area contributed by atoms with E-state index in [4.69, 9.17) is 10.9 Å². The van der Waals surface area contributed by atoms with E-state index in [2.05, 4.69) is 15.6 Å². The fourth-order valence-electron chi connectivity index (χ4n) is 1.68. The van der Waals surface area contributed by atoms with Crippen molar-refractivity contribution in [1.82, 2.24) is 15.1 Å². The second-order valence-corrected chi connectivity index (χ2v) is 4.23. The summed E-state index contributed by atoms with van der Waals surface area (Å²) in [7, 11) is 1.82. The zero-order valence-corrected chi connectivity index (χ0v) is 10.9. The summed E-state index contributed by atoms with van der Waals surface area (Å²) in [5.41, 5.74) is 7.28. The standard InChI is InChI=1S/C13H15N5O2/c1-18-7-6-11(16-18)8-15-13(19)10-4-2-9(3-5-10)12(14)17-20/h2-7,20H,8H2,1H3,(H2,14,17)(H,15,19). The zero-order chi connectivity index (χ0) is 14.5. The van der Waals surface area contributed by atoms with Gasteiger partial charge in [0.1, 0.15) is 0 Å². The number of hydrogen-bond donors (Lipinski definition) is 3. The molecule has 0 unspecified atom stereocenters. The van der Waals surface area contributed by atoms with E-state index in [1.807, 2.05) is 19.3 Å². The summed E-state index contributed by atoms with van der Waals surface area (Å²) in [5, 5.41) is 18.4. The molecule has 1 aromatic carbocycles. The average Bonchev–Trinajstić information content (AvgIpc) is 2.89. The highest BCUT2D eigenvalue weighted by Gasteiger charge is 2.07. The Balaban J connectivity index is 1.99. The summed E-state index contributed by atoms with van der Waals surface area (Å²) in [6.45, 7) is 0.363. The number of aromatic nitrogens is 2. The SMILES string of the molecule is Cn1ccc(CNC(=O)c2ccc(/C(N)=N/O)cc2)n1. The Bertz CT molecular complexity index is 630. The van der Waals surface area contributed by atoms with E-state index in [0.717, 1.165) is 5.69 Å². The molecule has 0 aliphatic heterocycles. The summed E-state index contributed by atoms with van der Waals surface area (Å²) in [6, 6.07) is 8.29. The van der Waals surface area contributed by atoms with Gasteiger partial charge in [-0.2, -0.15) is 5.10 Å². The van der Waals surface area contributed by atoms with Gasteiger partial charge in [0.25, 0.3) is 5.91 Å². The number of carbonyl (C=O) groups is 1. The molecule has 2 aromatic rings. The summed E-state index contributed by atoms with van der Waals surface area (Å²) >= 11 is 0. The number of rotatable bonds is 4. The van der Waals surface area contributed by atoms with Crippen molar-refractivity contribution in [1.29, 1.82) is 0 Å². The summed E-state index contributed by atoms with van der Waals surface area (Å²) in [6.07, 6.45) is 1.81. The van der Waals surface area contributed by atoms with Gasteiger partial charge in [-0.1, -0.05) is 17.3 Å². The maximum atomic E-state index is 11.9. The first-order valence-electron chi connectivity index (χ1n) is 5.95. The van der Waals surface area contributed by atoms with Crippen molar-refractivity contribution < 1.29 is 10.0 Å². The normalized spacial score (nSPS) is 11.3. The summed E-state index contributed by atoms with van der Waals surface area (Å²) < 4.78 is 1.67. The van der Waals surface area contributed by atoms with Gasteiger partial charge in [0.2, 0.25) is 0 Å². The summed E-state index contributed by atoms with van der Waals surface area (Å²) in [5.74, 6) is -0.202. The molecule has 0 saturated carbocycles. The number of aryl methyl sites for hydroxylation is 1. The molecule has 20 heavy (non-hydrogen) atoms. The molecule has 4 N–H and O–H groups in total. The van der Waals surface area contributed by atoms with E-state index in [9.17, 15) is 4.79 Å². The lowest BCUT2D eigenvalue weighted by Gasteiger charge is -2.04. The number of nitrogens with two attached hydrogens (primary N) is 1. The van der Waals surface area contributed by atoms with Crippen LogP contribution in [0.4, 0.5) is 0 Å². The van der Waals surface area contributed by atoms with E-state index in [1.165, 1.54) is 0 Å². The van der Waals surface area contributed by atoms with Crippen LogP contribution in [0, 0.1) is 0 Å². The number of amides is 1. The first-order chi connectivity index (χ1) is 9.60. The molecular weight excluding hydrogens is 258 g/mol. The molecule has 7 nitrogen and oxygen atoms in total. The van der Waals surface area contributed by atoms with Crippen molar-refractivity contribution in [2.24, 2.45) is 17.9 Å². The number of benzene rings is 1. The van der Waals surface area contributed by atoms with Gasteiger partial charge >= 0.3 is 0 Å². The van der Waals surface area contributed by atoms with Gasteiger partial charge in [0.15, 0.2) is 5.84 Å². The molecule has 0 aliphatic rings. The van der Waals surface area contributed by atoms with Gasteiger partial charge in [-0.3, -0.25) is 9.48 Å². The molecule has 7 heteroatoms. The number of nitrogens with one attached hydrogen (secondary N) is 1. The first kappa shape index (κ1) is 13.6. The highest BCUT2D eigenvalue weighted by molar-refractivity contribution is 5.99. The fraction of sp³-hybridized carbons (Fsp3) is 0.154. The lowest BCUT2D eigenvalue weighted by Crippen LogP contribution is -2.23. The van der Waals surface area contributed by atoms with Gasteiger partial charge in [0.05, 0.1) is 12.2 Å². The molecule has 1 heterocycles. The van der Waals surface area contributed by atoms with Crippen LogP contribution in [0.5, 0.6) is 0 Å². The molecule has 0 fully saturated rings. The molecule has 0 aliphatic carbocycles. The van der Waals surface area contributed by atoms with Gasteiger partial charge < -0.3 is 16.3 Å². The third-order valence-corrected chi connectivity index (χ3v) is 2.75. The Morgan fingerprint density at radius 2 is 2.00 bits per heavy atom. The quantitative estimate of drug-likeness (QED) is 0.325. The Kier molecular flexibility index (Phi) is 3.99. The van der Waals surface area contributed by atoms with Gasteiger partial charge in [0, 0.05) is 24.4 Å². The molecule has 2 rings (SSSR count). The highest BCUT2D eigenvalue weighted by atomic mass is 16.4. The van der Waals surface area contributed by atoms with Crippen LogP contribution < -0.4 is 11.1 Å². The number of hydrogen-bond acceptors (Lipinski definition) is 4. The van der Waals surface area contributed by atoms with E-state index in [0.29, 0.717) is 17.7 Å². The zero-order valence-electron chi connectivity index (χ0n) is 10.9. The average molecular weight is 273 g/mol. The molecule has 1 aromatic heterocycles. The van der Waals surface area contributed by atoms with Crippen molar-refractivity contribution in [2.75, 3.05) is 0 Å². The van der Waals surface area contributed by atoms with Crippen molar-refractivity contribution >= 4 is 11.7 Å². The molecule has 1 amide bonds. The van der Waals surface area contributed by atoms with Crippen molar-refractivity contribution in [3.63, 3.8) is 0 Å². The summed E-state index contributed by atoms with van der Waals surface area (Å²) in [4.78, 5) is 11.9. The largest absolute Gasteiger partial charge is 0.409 e. The van der Waals surface area contributed by atoms with E-state index < -0.39 is 0 Å². The minimum atomic E-state index is -0.207. The van der Waals surface area contributed by atoms with Crippen molar-refractivity contribution in [3.05, 3.63) is 53.3 Å². The van der Waals surface area contributed by atoms with E-state index >= 15 is 0 Å². The Morgan fingerprint density at radius 3 is 2.55 bits per heavy atom. The third kappa shape index (κ3) is 3.14. The van der Waals surface area contributed by atoms with Gasteiger partial charge in [-0.15, -0.1) is 0 Å². The lowest BCUT2D eigenvalue weighted by atomic mass is 10.1. The lowest BCUT2D eigenvalue weighted by molar-refractivity contribution is 0.0950. The monoisotopic (exact) mass is 273 g/mol. The van der Waals surface area contributed by atoms with Crippen molar-refractivity contribution in [3.8, 4) is 0 Å². The molecule has 104 valence electrons. The second-order valence-electron chi connectivity index (χ2n) is 4.23.